The molecule has 0 atom stereocenters. The molecule has 6 nitrogen and oxygen atoms in total. The van der Waals surface area contributed by atoms with E-state index >= 15 is 0 Å². The van der Waals surface area contributed by atoms with E-state index in [0.717, 1.165) is 17.8 Å². The lowest BCUT2D eigenvalue weighted by molar-refractivity contribution is -0.146. The molecule has 31 heavy (non-hydrogen) atoms. The zero-order valence-corrected chi connectivity index (χ0v) is 17.1. The Hall–Kier alpha value is -3.49. The highest BCUT2D eigenvalue weighted by Crippen LogP contribution is 2.29. The lowest BCUT2D eigenvalue weighted by Crippen LogP contribution is -2.19. The molecule has 0 saturated heterocycles. The van der Waals surface area contributed by atoms with Crippen molar-refractivity contribution >= 4 is 23.3 Å². The van der Waals surface area contributed by atoms with Crippen LogP contribution in [0.25, 0.3) is 0 Å². The van der Waals surface area contributed by atoms with Crippen LogP contribution in [0.1, 0.15) is 25.0 Å². The summed E-state index contributed by atoms with van der Waals surface area (Å²) in [5, 5.41) is 5.96. The van der Waals surface area contributed by atoms with E-state index in [0.29, 0.717) is 17.8 Å². The average Bonchev–Trinajstić information content (AvgIpc) is 2.73. The van der Waals surface area contributed by atoms with Crippen LogP contribution in [0.5, 0.6) is 0 Å². The van der Waals surface area contributed by atoms with Crippen LogP contribution in [0, 0.1) is 0 Å². The minimum Gasteiger partial charge on any atom is -0.462 e. The van der Waals surface area contributed by atoms with Crippen molar-refractivity contribution in [2.45, 2.75) is 26.6 Å². The highest BCUT2D eigenvalue weighted by atomic mass is 19.4. The molecule has 0 fully saturated rings. The number of nitrogens with one attached hydrogen (secondary N) is 2. The quantitative estimate of drug-likeness (QED) is 0.256. The van der Waals surface area contributed by atoms with Gasteiger partial charge in [-0.3, -0.25) is 0 Å². The number of carbonyl (C=O) groups is 2. The third-order valence-electron chi connectivity index (χ3n) is 4.04. The van der Waals surface area contributed by atoms with Crippen LogP contribution in [0.4, 0.5) is 24.5 Å². The molecular formula is C22H23F3N2O4. The Balaban J connectivity index is 1.98. The summed E-state index contributed by atoms with van der Waals surface area (Å²) in [6.07, 6.45) is -3.13. The maximum Gasteiger partial charge on any atom is 0.416 e. The van der Waals surface area contributed by atoms with Crippen molar-refractivity contribution < 1.29 is 32.2 Å². The van der Waals surface area contributed by atoms with E-state index in [-0.39, 0.29) is 18.8 Å². The van der Waals surface area contributed by atoms with Crippen LogP contribution in [0.15, 0.2) is 60.3 Å². The molecule has 166 valence electrons. The van der Waals surface area contributed by atoms with E-state index in [2.05, 4.69) is 10.6 Å². The first-order valence-corrected chi connectivity index (χ1v) is 9.55. The standard InChI is InChI=1S/C22H23F3N2O4/c1-3-30-20(28)19(21(29)31-4-2)14-27-18-11-9-17(10-12-18)26-13-15-5-7-16(8-6-15)22(23,24)25/h5-12,14,26-27H,3-4,13H2,1-2H3. The SMILES string of the molecule is CCOC(=O)C(=CNc1ccc(NCc2ccc(C(F)(F)F)cc2)cc1)C(=O)OCC. The number of rotatable bonds is 9. The molecule has 0 aromatic heterocycles. The zero-order chi connectivity index (χ0) is 22.9. The second-order valence-corrected chi connectivity index (χ2v) is 6.27. The molecule has 2 N–H and O–H groups in total. The fourth-order valence-electron chi connectivity index (χ4n) is 2.47. The van der Waals surface area contributed by atoms with E-state index in [1.54, 1.807) is 38.1 Å². The highest BCUT2D eigenvalue weighted by Gasteiger charge is 2.29. The van der Waals surface area contributed by atoms with Crippen LogP contribution in [0.2, 0.25) is 0 Å². The molecule has 2 rings (SSSR count). The molecule has 2 aromatic rings. The smallest absolute Gasteiger partial charge is 0.416 e. The first-order chi connectivity index (χ1) is 14.7. The fraction of sp³-hybridized carbons (Fsp3) is 0.273. The largest absolute Gasteiger partial charge is 0.462 e. The van der Waals surface area contributed by atoms with Gasteiger partial charge < -0.3 is 20.1 Å². The average molecular weight is 436 g/mol. The molecule has 0 bridgehead atoms. The minimum atomic E-state index is -4.36. The van der Waals surface area contributed by atoms with Crippen molar-refractivity contribution in [3.63, 3.8) is 0 Å². The lowest BCUT2D eigenvalue weighted by atomic mass is 10.1. The predicted molar refractivity (Wildman–Crippen MR) is 110 cm³/mol. The topological polar surface area (TPSA) is 76.7 Å². The van der Waals surface area contributed by atoms with Crippen molar-refractivity contribution in [2.24, 2.45) is 0 Å². The number of carbonyl (C=O) groups excluding carboxylic acids is 2. The van der Waals surface area contributed by atoms with Gasteiger partial charge in [0.1, 0.15) is 0 Å². The summed E-state index contributed by atoms with van der Waals surface area (Å²) in [6, 6.07) is 11.8. The Morgan fingerprint density at radius 1 is 0.871 bits per heavy atom. The second kappa shape index (κ2) is 11.1. The van der Waals surface area contributed by atoms with Crippen molar-refractivity contribution in [2.75, 3.05) is 23.8 Å². The van der Waals surface area contributed by atoms with Crippen LogP contribution in [-0.2, 0) is 31.8 Å². The van der Waals surface area contributed by atoms with Gasteiger partial charge in [-0.1, -0.05) is 12.1 Å². The van der Waals surface area contributed by atoms with E-state index in [1.807, 2.05) is 0 Å². The molecule has 0 aliphatic heterocycles. The van der Waals surface area contributed by atoms with Crippen LogP contribution in [0.3, 0.4) is 0 Å². The minimum absolute atomic E-state index is 0.120. The Morgan fingerprint density at radius 2 is 1.39 bits per heavy atom. The normalized spacial score (nSPS) is 10.7. The number of hydrogen-bond donors (Lipinski definition) is 2. The summed E-state index contributed by atoms with van der Waals surface area (Å²) in [4.78, 5) is 23.9. The first-order valence-electron chi connectivity index (χ1n) is 9.55. The zero-order valence-electron chi connectivity index (χ0n) is 17.1. The molecule has 0 saturated carbocycles. The van der Waals surface area contributed by atoms with Crippen LogP contribution in [-0.4, -0.2) is 25.2 Å². The van der Waals surface area contributed by atoms with Gasteiger partial charge in [0.2, 0.25) is 0 Å². The summed E-state index contributed by atoms with van der Waals surface area (Å²) < 4.78 is 47.5. The summed E-state index contributed by atoms with van der Waals surface area (Å²) >= 11 is 0. The van der Waals surface area contributed by atoms with Gasteiger partial charge in [0.25, 0.3) is 0 Å². The van der Waals surface area contributed by atoms with Gasteiger partial charge in [0.15, 0.2) is 5.57 Å². The van der Waals surface area contributed by atoms with Gasteiger partial charge >= 0.3 is 18.1 Å². The Kier molecular flexibility index (Phi) is 8.48. The van der Waals surface area contributed by atoms with E-state index in [4.69, 9.17) is 9.47 Å². The molecule has 0 heterocycles. The molecule has 0 amide bonds. The van der Waals surface area contributed by atoms with Gasteiger partial charge in [-0.25, -0.2) is 9.59 Å². The molecular weight excluding hydrogens is 413 g/mol. The van der Waals surface area contributed by atoms with Crippen molar-refractivity contribution in [3.8, 4) is 0 Å². The van der Waals surface area contributed by atoms with Gasteiger partial charge in [-0.15, -0.1) is 0 Å². The second-order valence-electron chi connectivity index (χ2n) is 6.27. The predicted octanol–water partition coefficient (Wildman–Crippen LogP) is 4.74. The third-order valence-corrected chi connectivity index (χ3v) is 4.04. The number of alkyl halides is 3. The molecule has 0 unspecified atom stereocenters. The number of esters is 2. The maximum atomic E-state index is 12.6. The van der Waals surface area contributed by atoms with Gasteiger partial charge in [-0.2, -0.15) is 13.2 Å². The molecule has 0 spiro atoms. The van der Waals surface area contributed by atoms with E-state index < -0.39 is 23.7 Å². The fourth-order valence-corrected chi connectivity index (χ4v) is 2.47. The van der Waals surface area contributed by atoms with Gasteiger partial charge in [0, 0.05) is 24.1 Å². The molecule has 9 heteroatoms. The lowest BCUT2D eigenvalue weighted by Gasteiger charge is -2.10. The van der Waals surface area contributed by atoms with Crippen molar-refractivity contribution in [1.29, 1.82) is 0 Å². The summed E-state index contributed by atoms with van der Waals surface area (Å²) in [5.41, 5.74) is 1.10. The third kappa shape index (κ3) is 7.36. The molecule has 0 aliphatic carbocycles. The first kappa shape index (κ1) is 23.8. The summed E-state index contributed by atoms with van der Waals surface area (Å²) in [5.74, 6) is -1.58. The number of hydrogen-bond acceptors (Lipinski definition) is 6. The number of benzene rings is 2. The maximum absolute atomic E-state index is 12.6. The number of anilines is 2. The van der Waals surface area contributed by atoms with Crippen LogP contribution >= 0.6 is 0 Å². The summed E-state index contributed by atoms with van der Waals surface area (Å²) in [7, 11) is 0. The van der Waals surface area contributed by atoms with Gasteiger partial charge in [-0.05, 0) is 55.8 Å². The monoisotopic (exact) mass is 436 g/mol. The molecule has 0 aliphatic rings. The van der Waals surface area contributed by atoms with Gasteiger partial charge in [0.05, 0.1) is 18.8 Å². The Bertz CT molecular complexity index is 888. The number of halogens is 3. The Labute approximate surface area is 178 Å². The highest BCUT2D eigenvalue weighted by molar-refractivity contribution is 6.14. The summed E-state index contributed by atoms with van der Waals surface area (Å²) in [6.45, 7) is 3.85. The molecule has 2 aromatic carbocycles. The van der Waals surface area contributed by atoms with E-state index in [1.165, 1.54) is 18.3 Å². The van der Waals surface area contributed by atoms with Crippen molar-refractivity contribution in [3.05, 3.63) is 71.4 Å². The number of ether oxygens (including phenoxy) is 2. The van der Waals surface area contributed by atoms with Crippen molar-refractivity contribution in [1.82, 2.24) is 0 Å². The molecule has 0 radical (unpaired) electrons. The van der Waals surface area contributed by atoms with Crippen LogP contribution < -0.4 is 10.6 Å². The Morgan fingerprint density at radius 3 is 1.87 bits per heavy atom. The van der Waals surface area contributed by atoms with E-state index in [9.17, 15) is 22.8 Å².